The van der Waals surface area contributed by atoms with Crippen LogP contribution in [0.3, 0.4) is 0 Å². The van der Waals surface area contributed by atoms with Gasteiger partial charge in [-0.25, -0.2) is 9.59 Å². The van der Waals surface area contributed by atoms with E-state index in [1.807, 2.05) is 0 Å². The van der Waals surface area contributed by atoms with Crippen LogP contribution in [0, 0.1) is 0 Å². The highest BCUT2D eigenvalue weighted by molar-refractivity contribution is 5.80. The Bertz CT molecular complexity index is 274. The van der Waals surface area contributed by atoms with Crippen molar-refractivity contribution in [1.82, 2.24) is 0 Å². The Hall–Kier alpha value is -1.84. The third-order valence-corrected chi connectivity index (χ3v) is 1.25. The first-order valence-electron chi connectivity index (χ1n) is 4.08. The molecule has 76 valence electrons. The molecule has 0 rings (SSSR count). The summed E-state index contributed by atoms with van der Waals surface area (Å²) in [5.41, 5.74) is 0. The lowest BCUT2D eigenvalue weighted by atomic mass is 10.2. The number of hydrogen-bond donors (Lipinski definition) is 2. The van der Waals surface area contributed by atoms with Gasteiger partial charge in [-0.05, 0) is 12.8 Å². The molecule has 0 aliphatic heterocycles. The Morgan fingerprint density at radius 1 is 0.857 bits per heavy atom. The smallest absolute Gasteiger partial charge is 0.328 e. The van der Waals surface area contributed by atoms with Gasteiger partial charge >= 0.3 is 11.9 Å². The molecule has 0 bridgehead atoms. The maximum absolute atomic E-state index is 10.0. The maximum atomic E-state index is 10.0. The fraction of sp³-hybridized carbons (Fsp3) is 0.200. The van der Waals surface area contributed by atoms with Crippen molar-refractivity contribution in [2.75, 3.05) is 0 Å². The molecule has 14 heavy (non-hydrogen) atoms. The number of rotatable bonds is 6. The first-order valence-corrected chi connectivity index (χ1v) is 4.08. The molecule has 0 atom stereocenters. The average Bonchev–Trinajstić information content (AvgIpc) is 2.08. The summed E-state index contributed by atoms with van der Waals surface area (Å²) in [6, 6.07) is 0. The van der Waals surface area contributed by atoms with Gasteiger partial charge < -0.3 is 10.2 Å². The largest absolute Gasteiger partial charge is 0.478 e. The van der Waals surface area contributed by atoms with Crippen molar-refractivity contribution in [3.63, 3.8) is 0 Å². The summed E-state index contributed by atoms with van der Waals surface area (Å²) in [7, 11) is 0. The van der Waals surface area contributed by atoms with E-state index in [1.165, 1.54) is 6.08 Å². The number of aliphatic carboxylic acids is 2. The second-order valence-corrected chi connectivity index (χ2v) is 2.44. The molecule has 0 fully saturated rings. The zero-order valence-electron chi connectivity index (χ0n) is 7.59. The van der Waals surface area contributed by atoms with Crippen molar-refractivity contribution in [1.29, 1.82) is 0 Å². The Labute approximate surface area is 81.9 Å². The molecule has 0 aromatic heterocycles. The predicted molar refractivity (Wildman–Crippen MR) is 51.9 cm³/mol. The van der Waals surface area contributed by atoms with Gasteiger partial charge in [-0.3, -0.25) is 0 Å². The third kappa shape index (κ3) is 10.2. The summed E-state index contributed by atoms with van der Waals surface area (Å²) in [5.74, 6) is -1.94. The summed E-state index contributed by atoms with van der Waals surface area (Å²) in [5, 5.41) is 16.5. The minimum absolute atomic E-state index is 0.629. The maximum Gasteiger partial charge on any atom is 0.328 e. The molecule has 4 heteroatoms. The van der Waals surface area contributed by atoms with Crippen LogP contribution in [-0.4, -0.2) is 22.2 Å². The number of unbranched alkanes of at least 4 members (excludes halogenated alkanes) is 1. The standard InChI is InChI=1S/C10H12O4/c11-9(12)7-5-3-1-2-4-6-8-10(13)14/h1,3,5-8H,2,4H2,(H,11,12)(H,13,14)/b3-1+,7-5+,8-6+. The molecule has 0 unspecified atom stereocenters. The van der Waals surface area contributed by atoms with Crippen molar-refractivity contribution in [2.24, 2.45) is 0 Å². The van der Waals surface area contributed by atoms with Gasteiger partial charge in [0, 0.05) is 12.2 Å². The van der Waals surface area contributed by atoms with Crippen molar-refractivity contribution in [2.45, 2.75) is 12.8 Å². The molecule has 0 radical (unpaired) electrons. The number of hydrogen-bond acceptors (Lipinski definition) is 2. The number of allylic oxidation sites excluding steroid dienone is 4. The van der Waals surface area contributed by atoms with E-state index in [4.69, 9.17) is 10.2 Å². The molecule has 0 aromatic rings. The first kappa shape index (κ1) is 12.2. The topological polar surface area (TPSA) is 74.6 Å². The zero-order valence-corrected chi connectivity index (χ0v) is 7.59. The highest BCUT2D eigenvalue weighted by Gasteiger charge is 1.83. The molecule has 0 spiro atoms. The number of carbonyl (C=O) groups is 2. The van der Waals surface area contributed by atoms with Gasteiger partial charge in [0.15, 0.2) is 0 Å². The van der Waals surface area contributed by atoms with Crippen LogP contribution in [0.5, 0.6) is 0 Å². The Kier molecular flexibility index (Phi) is 6.77. The fourth-order valence-electron chi connectivity index (χ4n) is 0.689. The van der Waals surface area contributed by atoms with E-state index in [2.05, 4.69) is 0 Å². The predicted octanol–water partition coefficient (Wildman–Crippen LogP) is 1.60. The average molecular weight is 196 g/mol. The summed E-state index contributed by atoms with van der Waals surface area (Å²) in [6.07, 6.45) is 9.78. The van der Waals surface area contributed by atoms with Gasteiger partial charge in [0.05, 0.1) is 0 Å². The van der Waals surface area contributed by atoms with Crippen LogP contribution in [-0.2, 0) is 9.59 Å². The molecular weight excluding hydrogens is 184 g/mol. The number of carboxylic acid groups (broad SMARTS) is 2. The van der Waals surface area contributed by atoms with Crippen molar-refractivity contribution >= 4 is 11.9 Å². The fourth-order valence-corrected chi connectivity index (χ4v) is 0.689. The summed E-state index contributed by atoms with van der Waals surface area (Å²) in [6.45, 7) is 0. The highest BCUT2D eigenvalue weighted by atomic mass is 16.4. The molecule has 0 heterocycles. The molecule has 0 amide bonds. The Balaban J connectivity index is 3.54. The SMILES string of the molecule is O=C(O)/C=C/C=C/CC/C=C/C(=O)O. The first-order chi connectivity index (χ1) is 6.63. The minimum Gasteiger partial charge on any atom is -0.478 e. The number of carboxylic acids is 2. The van der Waals surface area contributed by atoms with Gasteiger partial charge in [-0.2, -0.15) is 0 Å². The van der Waals surface area contributed by atoms with Crippen molar-refractivity contribution in [3.8, 4) is 0 Å². The lowest BCUT2D eigenvalue weighted by Gasteiger charge is -1.84. The molecule has 2 N–H and O–H groups in total. The minimum atomic E-state index is -0.986. The van der Waals surface area contributed by atoms with Gasteiger partial charge in [0.1, 0.15) is 0 Å². The van der Waals surface area contributed by atoms with E-state index in [1.54, 1.807) is 18.2 Å². The quantitative estimate of drug-likeness (QED) is 0.384. The molecule has 0 aromatic carbocycles. The molecular formula is C10H12O4. The Morgan fingerprint density at radius 2 is 1.43 bits per heavy atom. The second-order valence-electron chi connectivity index (χ2n) is 2.44. The van der Waals surface area contributed by atoms with Gasteiger partial charge in [-0.1, -0.05) is 24.3 Å². The Morgan fingerprint density at radius 3 is 2.00 bits per heavy atom. The van der Waals surface area contributed by atoms with E-state index in [0.29, 0.717) is 12.8 Å². The lowest BCUT2D eigenvalue weighted by Crippen LogP contribution is -1.85. The monoisotopic (exact) mass is 196 g/mol. The van der Waals surface area contributed by atoms with Gasteiger partial charge in [-0.15, -0.1) is 0 Å². The molecule has 0 saturated heterocycles. The molecule has 0 aliphatic rings. The van der Waals surface area contributed by atoms with Crippen molar-refractivity contribution < 1.29 is 19.8 Å². The van der Waals surface area contributed by atoms with Crippen LogP contribution in [0.25, 0.3) is 0 Å². The van der Waals surface area contributed by atoms with Crippen LogP contribution in [0.1, 0.15) is 12.8 Å². The van der Waals surface area contributed by atoms with Crippen LogP contribution in [0.15, 0.2) is 36.5 Å². The van der Waals surface area contributed by atoms with E-state index in [0.717, 1.165) is 12.2 Å². The second kappa shape index (κ2) is 7.79. The van der Waals surface area contributed by atoms with E-state index in [-0.39, 0.29) is 0 Å². The third-order valence-electron chi connectivity index (χ3n) is 1.25. The van der Waals surface area contributed by atoms with Crippen LogP contribution in [0.4, 0.5) is 0 Å². The van der Waals surface area contributed by atoms with E-state index < -0.39 is 11.9 Å². The zero-order chi connectivity index (χ0) is 10.8. The highest BCUT2D eigenvalue weighted by Crippen LogP contribution is 1.93. The van der Waals surface area contributed by atoms with E-state index >= 15 is 0 Å². The van der Waals surface area contributed by atoms with Crippen LogP contribution < -0.4 is 0 Å². The van der Waals surface area contributed by atoms with Crippen molar-refractivity contribution in [3.05, 3.63) is 36.5 Å². The van der Waals surface area contributed by atoms with Crippen LogP contribution in [0.2, 0.25) is 0 Å². The summed E-state index contributed by atoms with van der Waals surface area (Å²) >= 11 is 0. The molecule has 4 nitrogen and oxygen atoms in total. The lowest BCUT2D eigenvalue weighted by molar-refractivity contribution is -0.132. The normalized spacial score (nSPS) is 11.7. The van der Waals surface area contributed by atoms with Crippen LogP contribution >= 0.6 is 0 Å². The van der Waals surface area contributed by atoms with E-state index in [9.17, 15) is 9.59 Å². The molecule has 0 aliphatic carbocycles. The summed E-state index contributed by atoms with van der Waals surface area (Å²) < 4.78 is 0. The van der Waals surface area contributed by atoms with Gasteiger partial charge in [0.2, 0.25) is 0 Å². The molecule has 0 saturated carbocycles. The summed E-state index contributed by atoms with van der Waals surface area (Å²) in [4.78, 5) is 20.0. The van der Waals surface area contributed by atoms with Gasteiger partial charge in [0.25, 0.3) is 0 Å².